The fraction of sp³-hybridized carbons (Fsp3) is 0.407. The maximum Gasteiger partial charge on any atom is 0.228 e. The van der Waals surface area contributed by atoms with E-state index in [1.54, 1.807) is 35.5 Å². The first-order valence-electron chi connectivity index (χ1n) is 12.2. The molecule has 5 rings (SSSR count). The van der Waals surface area contributed by atoms with Gasteiger partial charge in [0.05, 0.1) is 11.6 Å². The molecule has 0 spiro atoms. The van der Waals surface area contributed by atoms with Crippen LogP contribution in [-0.4, -0.2) is 57.3 Å². The molecule has 10 heteroatoms. The highest BCUT2D eigenvalue weighted by Gasteiger charge is 2.50. The molecule has 2 aliphatic rings. The summed E-state index contributed by atoms with van der Waals surface area (Å²) in [5.41, 5.74) is -0.260. The number of aromatic nitrogens is 3. The Morgan fingerprint density at radius 3 is 2.38 bits per heavy atom. The van der Waals surface area contributed by atoms with E-state index in [0.29, 0.717) is 43.3 Å². The van der Waals surface area contributed by atoms with E-state index in [2.05, 4.69) is 15.2 Å². The van der Waals surface area contributed by atoms with Crippen molar-refractivity contribution in [3.8, 4) is 0 Å². The summed E-state index contributed by atoms with van der Waals surface area (Å²) >= 11 is 0. The zero-order chi connectivity index (χ0) is 25.4. The van der Waals surface area contributed by atoms with Gasteiger partial charge in [-0.25, -0.2) is 8.78 Å². The first kappa shape index (κ1) is 26.9. The van der Waals surface area contributed by atoms with Crippen molar-refractivity contribution in [3.05, 3.63) is 83.8 Å². The molecule has 3 aromatic rings. The summed E-state index contributed by atoms with van der Waals surface area (Å²) in [7, 11) is 0. The van der Waals surface area contributed by atoms with E-state index in [-0.39, 0.29) is 30.2 Å². The predicted octanol–water partition coefficient (Wildman–Crippen LogP) is 3.79. The highest BCUT2D eigenvalue weighted by molar-refractivity contribution is 5.85. The molecule has 2 aliphatic heterocycles. The molecular formula is C27H30ClF2N5O2. The van der Waals surface area contributed by atoms with Crippen molar-refractivity contribution in [3.63, 3.8) is 0 Å². The zero-order valence-corrected chi connectivity index (χ0v) is 21.5. The second-order valence-electron chi connectivity index (χ2n) is 9.95. The van der Waals surface area contributed by atoms with Crippen LogP contribution in [-0.2, 0) is 10.4 Å². The van der Waals surface area contributed by atoms with Crippen molar-refractivity contribution in [1.82, 2.24) is 20.1 Å². The molecule has 2 saturated heterocycles. The molecule has 1 amide bonds. The van der Waals surface area contributed by atoms with Gasteiger partial charge in [-0.2, -0.15) is 5.10 Å². The molecule has 2 fully saturated rings. The molecule has 2 aromatic heterocycles. The van der Waals surface area contributed by atoms with Crippen LogP contribution in [0, 0.1) is 29.4 Å². The van der Waals surface area contributed by atoms with E-state index in [4.69, 9.17) is 0 Å². The molecule has 0 bridgehead atoms. The largest absolute Gasteiger partial charge is 0.383 e. The quantitative estimate of drug-likeness (QED) is 0.554. The number of nitrogens with zero attached hydrogens (tertiary/aromatic N) is 5. The minimum absolute atomic E-state index is 0. The van der Waals surface area contributed by atoms with Crippen molar-refractivity contribution in [2.75, 3.05) is 31.1 Å². The summed E-state index contributed by atoms with van der Waals surface area (Å²) in [4.78, 5) is 22.0. The van der Waals surface area contributed by atoms with E-state index in [0.717, 1.165) is 6.07 Å². The third kappa shape index (κ3) is 4.90. The van der Waals surface area contributed by atoms with Gasteiger partial charge in [0.2, 0.25) is 5.91 Å². The number of rotatable bonds is 4. The number of aliphatic hydroxyl groups is 1. The smallest absolute Gasteiger partial charge is 0.228 e. The summed E-state index contributed by atoms with van der Waals surface area (Å²) in [6.07, 6.45) is 3.23. The number of likely N-dealkylation sites (tertiary alicyclic amines) is 1. The Hall–Kier alpha value is -3.17. The summed E-state index contributed by atoms with van der Waals surface area (Å²) in [6.45, 7) is 5.22. The van der Waals surface area contributed by atoms with Crippen LogP contribution in [0.15, 0.2) is 60.9 Å². The van der Waals surface area contributed by atoms with Crippen molar-refractivity contribution >= 4 is 24.1 Å². The van der Waals surface area contributed by atoms with E-state index < -0.39 is 29.1 Å². The number of anilines is 1. The highest BCUT2D eigenvalue weighted by atomic mass is 35.5. The lowest BCUT2D eigenvalue weighted by Crippen LogP contribution is -2.57. The SMILES string of the molecule is C[C@@H]1CN(C(=O)[C@@H]2CN(c3cccnn3)C[C@H]2c2ccc(F)cc2F)C[C@H](C)C1(O)c1ccccn1.Cl. The van der Waals surface area contributed by atoms with Crippen LogP contribution in [0.2, 0.25) is 0 Å². The van der Waals surface area contributed by atoms with E-state index >= 15 is 0 Å². The Morgan fingerprint density at radius 1 is 1.00 bits per heavy atom. The van der Waals surface area contributed by atoms with Gasteiger partial charge >= 0.3 is 0 Å². The van der Waals surface area contributed by atoms with Crippen LogP contribution in [0.25, 0.3) is 0 Å². The maximum absolute atomic E-state index is 14.9. The lowest BCUT2D eigenvalue weighted by Gasteiger charge is -2.48. The van der Waals surface area contributed by atoms with Gasteiger partial charge in [0.1, 0.15) is 17.2 Å². The van der Waals surface area contributed by atoms with Gasteiger partial charge in [0.25, 0.3) is 0 Å². The molecule has 37 heavy (non-hydrogen) atoms. The molecule has 0 radical (unpaired) electrons. The predicted molar refractivity (Wildman–Crippen MR) is 137 cm³/mol. The molecule has 0 saturated carbocycles. The lowest BCUT2D eigenvalue weighted by molar-refractivity contribution is -0.153. The molecule has 5 atom stereocenters. The van der Waals surface area contributed by atoms with Gasteiger partial charge in [-0.3, -0.25) is 9.78 Å². The number of carbonyl (C=O) groups excluding carboxylic acids is 1. The van der Waals surface area contributed by atoms with Gasteiger partial charge in [0.15, 0.2) is 5.82 Å². The van der Waals surface area contributed by atoms with Crippen LogP contribution in [0.4, 0.5) is 14.6 Å². The van der Waals surface area contributed by atoms with Gasteiger partial charge in [-0.1, -0.05) is 26.0 Å². The number of carbonyl (C=O) groups is 1. The Balaban J connectivity index is 0.00000320. The molecule has 1 aromatic carbocycles. The van der Waals surface area contributed by atoms with Crippen molar-refractivity contribution in [1.29, 1.82) is 0 Å². The van der Waals surface area contributed by atoms with Crippen LogP contribution in [0.1, 0.15) is 31.0 Å². The number of amides is 1. The first-order valence-corrected chi connectivity index (χ1v) is 12.2. The fourth-order valence-corrected chi connectivity index (χ4v) is 5.84. The topological polar surface area (TPSA) is 82.5 Å². The minimum atomic E-state index is -1.16. The fourth-order valence-electron chi connectivity index (χ4n) is 5.84. The average Bonchev–Trinajstić information content (AvgIpc) is 3.32. The van der Waals surface area contributed by atoms with Gasteiger partial charge < -0.3 is 14.9 Å². The van der Waals surface area contributed by atoms with Crippen molar-refractivity contribution in [2.45, 2.75) is 25.4 Å². The Bertz CT molecular complexity index is 1220. The zero-order valence-electron chi connectivity index (χ0n) is 20.7. The standard InChI is InChI=1S/C27H29F2N5O2.ClH/c1-17-13-34(14-18(2)27(17,36)24-6-3-4-10-30-24)26(35)22-16-33(25-7-5-11-31-32-25)15-21(22)20-9-8-19(28)12-23(20)29;/h3-12,17-18,21-22,36H,13-16H2,1-2H3;1H/t17-,18+,21-,22+,27?;/m0./s1. The number of halogens is 3. The van der Waals surface area contributed by atoms with Gasteiger partial charge in [0, 0.05) is 62.4 Å². The Kier molecular flexibility index (Phi) is 7.75. The molecule has 7 nitrogen and oxygen atoms in total. The van der Waals surface area contributed by atoms with Crippen molar-refractivity contribution < 1.29 is 18.7 Å². The van der Waals surface area contributed by atoms with Crippen LogP contribution < -0.4 is 4.90 Å². The molecular weight excluding hydrogens is 500 g/mol. The normalized spacial score (nSPS) is 27.6. The van der Waals surface area contributed by atoms with E-state index in [1.165, 1.54) is 12.1 Å². The molecule has 4 heterocycles. The number of piperidine rings is 1. The summed E-state index contributed by atoms with van der Waals surface area (Å²) in [5, 5.41) is 19.7. The molecule has 1 N–H and O–H groups in total. The first-order chi connectivity index (χ1) is 17.3. The second kappa shape index (κ2) is 10.7. The minimum Gasteiger partial charge on any atom is -0.383 e. The summed E-state index contributed by atoms with van der Waals surface area (Å²) in [6, 6.07) is 12.5. The maximum atomic E-state index is 14.9. The number of hydrogen-bond donors (Lipinski definition) is 1. The third-order valence-electron chi connectivity index (χ3n) is 7.76. The molecule has 1 unspecified atom stereocenters. The second-order valence-corrected chi connectivity index (χ2v) is 9.95. The lowest BCUT2D eigenvalue weighted by atomic mass is 9.72. The van der Waals surface area contributed by atoms with Crippen LogP contribution in [0.5, 0.6) is 0 Å². The Labute approximate surface area is 221 Å². The van der Waals surface area contributed by atoms with Crippen LogP contribution in [0.3, 0.4) is 0 Å². The highest BCUT2D eigenvalue weighted by Crippen LogP contribution is 2.42. The van der Waals surface area contributed by atoms with Gasteiger partial charge in [-0.15, -0.1) is 17.5 Å². The third-order valence-corrected chi connectivity index (χ3v) is 7.76. The number of pyridine rings is 1. The van der Waals surface area contributed by atoms with Crippen molar-refractivity contribution in [2.24, 2.45) is 17.8 Å². The average molecular weight is 530 g/mol. The van der Waals surface area contributed by atoms with E-state index in [9.17, 15) is 18.7 Å². The van der Waals surface area contributed by atoms with Gasteiger partial charge in [-0.05, 0) is 35.9 Å². The molecule has 0 aliphatic carbocycles. The van der Waals surface area contributed by atoms with E-state index in [1.807, 2.05) is 30.9 Å². The summed E-state index contributed by atoms with van der Waals surface area (Å²) < 4.78 is 28.5. The van der Waals surface area contributed by atoms with Crippen LogP contribution >= 0.6 is 12.4 Å². The monoisotopic (exact) mass is 529 g/mol. The summed E-state index contributed by atoms with van der Waals surface area (Å²) in [5.74, 6) is -2.41. The Morgan fingerprint density at radius 2 is 1.76 bits per heavy atom. The molecule has 196 valence electrons. The number of hydrogen-bond acceptors (Lipinski definition) is 6. The number of benzene rings is 1.